The molecule has 0 atom stereocenters. The second kappa shape index (κ2) is 8.51. The van der Waals surface area contributed by atoms with Gasteiger partial charge in [0.1, 0.15) is 24.5 Å². The fourth-order valence-corrected chi connectivity index (χ4v) is 2.60. The summed E-state index contributed by atoms with van der Waals surface area (Å²) in [4.78, 5) is 23.4. The van der Waals surface area contributed by atoms with E-state index in [9.17, 15) is 9.59 Å². The van der Waals surface area contributed by atoms with Crippen LogP contribution >= 0.6 is 0 Å². The molecule has 6 heteroatoms. The van der Waals surface area contributed by atoms with Gasteiger partial charge in [-0.15, -0.1) is 0 Å². The fraction of sp³-hybridized carbons (Fsp3) is 0.238. The highest BCUT2D eigenvalue weighted by Crippen LogP contribution is 2.23. The van der Waals surface area contributed by atoms with E-state index < -0.39 is 0 Å². The van der Waals surface area contributed by atoms with Crippen LogP contribution in [0, 0.1) is 6.92 Å². The first-order valence-electron chi connectivity index (χ1n) is 8.49. The van der Waals surface area contributed by atoms with Crippen molar-refractivity contribution in [3.63, 3.8) is 0 Å². The van der Waals surface area contributed by atoms with Crippen molar-refractivity contribution in [2.75, 3.05) is 20.3 Å². The molecule has 0 amide bonds. The van der Waals surface area contributed by atoms with Crippen LogP contribution in [-0.2, 0) is 16.1 Å². The lowest BCUT2D eigenvalue weighted by Crippen LogP contribution is -2.10. The monoisotopic (exact) mass is 368 g/mol. The molecule has 6 nitrogen and oxygen atoms in total. The minimum Gasteiger partial charge on any atom is -0.489 e. The summed E-state index contributed by atoms with van der Waals surface area (Å²) < 4.78 is 20.9. The Morgan fingerprint density at radius 2 is 1.81 bits per heavy atom. The van der Waals surface area contributed by atoms with Crippen molar-refractivity contribution in [1.29, 1.82) is 0 Å². The van der Waals surface area contributed by atoms with Crippen LogP contribution in [0.4, 0.5) is 0 Å². The summed E-state index contributed by atoms with van der Waals surface area (Å²) in [5.74, 6) is 0.207. The number of rotatable bonds is 7. The molecule has 0 aliphatic rings. The molecular formula is C21H20O6. The molecule has 3 rings (SSSR count). The molecule has 0 spiro atoms. The zero-order valence-electron chi connectivity index (χ0n) is 15.2. The molecule has 140 valence electrons. The van der Waals surface area contributed by atoms with Gasteiger partial charge in [-0.2, -0.15) is 0 Å². The van der Waals surface area contributed by atoms with Gasteiger partial charge in [-0.3, -0.25) is 0 Å². The number of hydrogen-bond donors (Lipinski definition) is 0. The Hall–Kier alpha value is -3.12. The fourth-order valence-electron chi connectivity index (χ4n) is 2.60. The molecule has 0 aliphatic carbocycles. The van der Waals surface area contributed by atoms with E-state index in [0.29, 0.717) is 30.1 Å². The van der Waals surface area contributed by atoms with E-state index in [0.717, 1.165) is 16.5 Å². The summed E-state index contributed by atoms with van der Waals surface area (Å²) in [5, 5.41) is 0.873. The summed E-state index contributed by atoms with van der Waals surface area (Å²) in [5.41, 5.74) is 2.34. The lowest BCUT2D eigenvalue weighted by molar-refractivity contribution is 0.0388. The van der Waals surface area contributed by atoms with Gasteiger partial charge in [0.25, 0.3) is 0 Å². The molecule has 2 aromatic carbocycles. The van der Waals surface area contributed by atoms with Crippen molar-refractivity contribution in [3.05, 3.63) is 75.6 Å². The Labute approximate surface area is 156 Å². The summed E-state index contributed by atoms with van der Waals surface area (Å²) in [6, 6.07) is 13.8. The quantitative estimate of drug-likeness (QED) is 0.361. The standard InChI is InChI=1S/C21H20O6/c1-14-11-20(22)27-19-12-17(7-8-18(14)19)26-13-15-3-5-16(6-4-15)21(23)25-10-9-24-2/h3-8,11-12H,9-10,13H2,1-2H3. The first-order valence-corrected chi connectivity index (χ1v) is 8.49. The summed E-state index contributed by atoms with van der Waals surface area (Å²) in [6.07, 6.45) is 0. The van der Waals surface area contributed by atoms with Crippen molar-refractivity contribution in [1.82, 2.24) is 0 Å². The third-order valence-corrected chi connectivity index (χ3v) is 4.04. The summed E-state index contributed by atoms with van der Waals surface area (Å²) in [6.45, 7) is 2.77. The molecule has 1 aromatic heterocycles. The molecule has 0 N–H and O–H groups in total. The zero-order valence-corrected chi connectivity index (χ0v) is 15.2. The van der Waals surface area contributed by atoms with Crippen LogP contribution in [0.3, 0.4) is 0 Å². The summed E-state index contributed by atoms with van der Waals surface area (Å²) in [7, 11) is 1.55. The number of methoxy groups -OCH3 is 1. The Balaban J connectivity index is 1.64. The molecular weight excluding hydrogens is 348 g/mol. The van der Waals surface area contributed by atoms with Gasteiger partial charge in [-0.1, -0.05) is 12.1 Å². The largest absolute Gasteiger partial charge is 0.489 e. The lowest BCUT2D eigenvalue weighted by atomic mass is 10.1. The third kappa shape index (κ3) is 4.74. The van der Waals surface area contributed by atoms with Gasteiger partial charge in [0.05, 0.1) is 12.2 Å². The second-order valence-electron chi connectivity index (χ2n) is 6.02. The maximum Gasteiger partial charge on any atom is 0.338 e. The van der Waals surface area contributed by atoms with E-state index in [1.165, 1.54) is 6.07 Å². The molecule has 0 aliphatic heterocycles. The van der Waals surface area contributed by atoms with Crippen LogP contribution in [0.15, 0.2) is 57.7 Å². The van der Waals surface area contributed by atoms with Gasteiger partial charge in [0.15, 0.2) is 0 Å². The molecule has 0 radical (unpaired) electrons. The first kappa shape index (κ1) is 18.7. The van der Waals surface area contributed by atoms with E-state index in [4.69, 9.17) is 18.6 Å². The van der Waals surface area contributed by atoms with Crippen molar-refractivity contribution < 1.29 is 23.4 Å². The van der Waals surface area contributed by atoms with Crippen molar-refractivity contribution in [2.45, 2.75) is 13.5 Å². The van der Waals surface area contributed by atoms with Gasteiger partial charge in [0, 0.05) is 24.6 Å². The minimum absolute atomic E-state index is 0.220. The Morgan fingerprint density at radius 1 is 1.04 bits per heavy atom. The van der Waals surface area contributed by atoms with Gasteiger partial charge < -0.3 is 18.6 Å². The molecule has 0 bridgehead atoms. The average molecular weight is 368 g/mol. The first-order chi connectivity index (χ1) is 13.1. The van der Waals surface area contributed by atoms with E-state index in [1.54, 1.807) is 37.4 Å². The Morgan fingerprint density at radius 3 is 2.56 bits per heavy atom. The topological polar surface area (TPSA) is 75.0 Å². The van der Waals surface area contributed by atoms with Crippen molar-refractivity contribution in [2.24, 2.45) is 0 Å². The van der Waals surface area contributed by atoms with Gasteiger partial charge >= 0.3 is 11.6 Å². The number of benzene rings is 2. The number of fused-ring (bicyclic) bond motifs is 1. The SMILES string of the molecule is COCCOC(=O)c1ccc(COc2ccc3c(C)cc(=O)oc3c2)cc1. The van der Waals surface area contributed by atoms with Crippen LogP contribution < -0.4 is 10.4 Å². The zero-order chi connectivity index (χ0) is 19.2. The lowest BCUT2D eigenvalue weighted by Gasteiger charge is -2.09. The highest BCUT2D eigenvalue weighted by Gasteiger charge is 2.08. The average Bonchev–Trinajstić information content (AvgIpc) is 2.66. The second-order valence-corrected chi connectivity index (χ2v) is 6.02. The summed E-state index contributed by atoms with van der Waals surface area (Å²) >= 11 is 0. The molecule has 0 saturated carbocycles. The van der Waals surface area contributed by atoms with Crippen LogP contribution in [0.25, 0.3) is 11.0 Å². The van der Waals surface area contributed by atoms with Crippen molar-refractivity contribution in [3.8, 4) is 5.75 Å². The minimum atomic E-state index is -0.389. The highest BCUT2D eigenvalue weighted by molar-refractivity contribution is 5.89. The highest BCUT2D eigenvalue weighted by atomic mass is 16.6. The molecule has 0 unspecified atom stereocenters. The number of carbonyl (C=O) groups excluding carboxylic acids is 1. The van der Waals surface area contributed by atoms with Gasteiger partial charge in [-0.05, 0) is 42.3 Å². The number of esters is 1. The molecule has 1 heterocycles. The maximum atomic E-state index is 11.8. The maximum absolute atomic E-state index is 11.8. The van der Waals surface area contributed by atoms with E-state index in [1.807, 2.05) is 19.1 Å². The number of hydrogen-bond acceptors (Lipinski definition) is 6. The van der Waals surface area contributed by atoms with Gasteiger partial charge in [0.2, 0.25) is 0 Å². The number of ether oxygens (including phenoxy) is 3. The van der Waals surface area contributed by atoms with Crippen LogP contribution in [-0.4, -0.2) is 26.3 Å². The van der Waals surface area contributed by atoms with E-state index in [2.05, 4.69) is 0 Å². The molecule has 3 aromatic rings. The Kier molecular flexibility index (Phi) is 5.88. The van der Waals surface area contributed by atoms with E-state index in [-0.39, 0.29) is 18.2 Å². The number of carbonyl (C=O) groups is 1. The van der Waals surface area contributed by atoms with Crippen molar-refractivity contribution >= 4 is 16.9 Å². The molecule has 0 saturated heterocycles. The number of aryl methyl sites for hydroxylation is 1. The predicted molar refractivity (Wildman–Crippen MR) is 100 cm³/mol. The predicted octanol–water partition coefficient (Wildman–Crippen LogP) is 3.48. The van der Waals surface area contributed by atoms with Crippen LogP contribution in [0.5, 0.6) is 5.75 Å². The Bertz CT molecular complexity index is 988. The van der Waals surface area contributed by atoms with Gasteiger partial charge in [-0.25, -0.2) is 9.59 Å². The molecule has 0 fully saturated rings. The van der Waals surface area contributed by atoms with Crippen LogP contribution in [0.2, 0.25) is 0 Å². The normalized spacial score (nSPS) is 10.7. The van der Waals surface area contributed by atoms with E-state index >= 15 is 0 Å². The smallest absolute Gasteiger partial charge is 0.338 e. The third-order valence-electron chi connectivity index (χ3n) is 4.04. The molecule has 27 heavy (non-hydrogen) atoms. The van der Waals surface area contributed by atoms with Crippen LogP contribution in [0.1, 0.15) is 21.5 Å².